The normalized spacial score (nSPS) is 15.9. The average molecular weight is 1080 g/mol. The van der Waals surface area contributed by atoms with Crippen molar-refractivity contribution in [1.29, 1.82) is 21.0 Å². The quantitative estimate of drug-likeness (QED) is 0.0294. The second kappa shape index (κ2) is 23.6. The maximum atomic E-state index is 14.9. The van der Waals surface area contributed by atoms with Gasteiger partial charge >= 0.3 is 0 Å². The number of carbonyl (C=O) groups is 2. The first-order valence-corrected chi connectivity index (χ1v) is 29.5. The van der Waals surface area contributed by atoms with Crippen LogP contribution in [0.15, 0.2) is 70.8 Å². The van der Waals surface area contributed by atoms with Gasteiger partial charge in [0.15, 0.2) is 34.8 Å². The van der Waals surface area contributed by atoms with Gasteiger partial charge in [0.25, 0.3) is 0 Å². The maximum Gasteiger partial charge on any atom is 0.194 e. The van der Waals surface area contributed by atoms with Crippen LogP contribution in [0, 0.1) is 68.6 Å². The molecule has 0 bridgehead atoms. The lowest BCUT2D eigenvalue weighted by molar-refractivity contribution is 0.103. The van der Waals surface area contributed by atoms with Crippen molar-refractivity contribution in [3.8, 4) is 45.2 Å². The number of hydrogen-bond acceptors (Lipinski definition) is 8. The van der Waals surface area contributed by atoms with Gasteiger partial charge < -0.3 is 0 Å². The highest BCUT2D eigenvalue weighted by Crippen LogP contribution is 2.64. The van der Waals surface area contributed by atoms with Gasteiger partial charge in [-0.2, -0.15) is 21.0 Å². The van der Waals surface area contributed by atoms with E-state index in [0.29, 0.717) is 0 Å². The summed E-state index contributed by atoms with van der Waals surface area (Å²) >= 11 is 3.12. The molecule has 0 saturated heterocycles. The van der Waals surface area contributed by atoms with E-state index in [9.17, 15) is 48.2 Å². The monoisotopic (exact) mass is 1080 g/mol. The molecular formula is C66H62F4N4O2S2. The highest BCUT2D eigenvalue weighted by molar-refractivity contribution is 7.17. The molecule has 0 amide bonds. The molecule has 3 aromatic carbocycles. The van der Waals surface area contributed by atoms with Crippen LogP contribution in [0.2, 0.25) is 0 Å². The highest BCUT2D eigenvalue weighted by Gasteiger charge is 2.50. The van der Waals surface area contributed by atoms with Crippen LogP contribution in [0.25, 0.3) is 44.2 Å². The molecule has 0 radical (unpaired) electrons. The van der Waals surface area contributed by atoms with E-state index < -0.39 is 45.7 Å². The summed E-state index contributed by atoms with van der Waals surface area (Å²) in [5.74, 6) is -5.90. The topological polar surface area (TPSA) is 129 Å². The number of unbranched alkanes of at least 4 members (excludes halogenated alkanes) is 12. The van der Waals surface area contributed by atoms with Crippen LogP contribution < -0.4 is 0 Å². The van der Waals surface area contributed by atoms with Crippen LogP contribution in [0.3, 0.4) is 0 Å². The molecular weight excluding hydrogens is 1020 g/mol. The molecule has 2 aromatic heterocycles. The van der Waals surface area contributed by atoms with Crippen molar-refractivity contribution >= 4 is 57.5 Å². The molecule has 4 aliphatic rings. The van der Waals surface area contributed by atoms with E-state index in [1.54, 1.807) is 34.8 Å². The zero-order chi connectivity index (χ0) is 55.5. The molecule has 0 unspecified atom stereocenters. The Bertz CT molecular complexity index is 3290. The number of carbonyl (C=O) groups excluding carboxylic acids is 2. The number of thiophene rings is 2. The predicted molar refractivity (Wildman–Crippen MR) is 303 cm³/mol. The highest BCUT2D eigenvalue weighted by atomic mass is 32.1. The van der Waals surface area contributed by atoms with Gasteiger partial charge in [-0.15, -0.1) is 22.7 Å². The Morgan fingerprint density at radius 3 is 1.03 bits per heavy atom. The average Bonchev–Trinajstić information content (AvgIpc) is 4.46. The maximum absolute atomic E-state index is 14.9. The number of ketones is 2. The van der Waals surface area contributed by atoms with Crippen molar-refractivity contribution in [3.63, 3.8) is 0 Å². The van der Waals surface area contributed by atoms with Gasteiger partial charge in [-0.3, -0.25) is 9.59 Å². The SMILES string of the molecule is CCCCCCC1(CCCCCC)c2cc3c(cc2-c2sc(C=C4C(=O)c5cc(F)c(F)cc5C4=C(C#N)C#N)cc21)C(CCCCCC)(CCCCCC)c1cc(/C=C2\C(=O)c4cc(F)c(F)cc4C2=C(C#N)C#N)sc1-3. The fraction of sp³-hybridized carbons (Fsp3) is 0.394. The predicted octanol–water partition coefficient (Wildman–Crippen LogP) is 18.9. The fourth-order valence-corrected chi connectivity index (χ4v) is 15.4. The first-order valence-electron chi connectivity index (χ1n) is 27.9. The van der Waals surface area contributed by atoms with Crippen LogP contribution in [-0.4, -0.2) is 11.6 Å². The van der Waals surface area contributed by atoms with Gasteiger partial charge in [-0.25, -0.2) is 17.6 Å². The number of nitriles is 4. The van der Waals surface area contributed by atoms with E-state index in [2.05, 4.69) is 52.0 Å². The third-order valence-electron chi connectivity index (χ3n) is 16.7. The molecule has 4 aliphatic carbocycles. The number of hydrogen-bond donors (Lipinski definition) is 0. The van der Waals surface area contributed by atoms with E-state index in [0.717, 1.165) is 183 Å². The summed E-state index contributed by atoms with van der Waals surface area (Å²) in [6.07, 6.45) is 23.6. The van der Waals surface area contributed by atoms with E-state index in [1.165, 1.54) is 22.3 Å². The lowest BCUT2D eigenvalue weighted by Gasteiger charge is -2.34. The minimum absolute atomic E-state index is 0.000560. The standard InChI is InChI=1S/C66H62F4N4O2S2/c1-5-9-13-17-21-65(22-18-14-10-6-2)51-29-48-52(30-47(51)63-53(65)27-41(77-63)25-49-59(39(35-71)36-72)43-31-55(67)57(69)33-45(43)61(49)75)66(23-19-15-11-7-3,24-20-16-12-8-4)54-28-42(78-64(48)54)26-50-60(40(37-73)38-74)44-32-56(68)58(70)34-46(44)62(50)76/h25-34H,5-24H2,1-4H3/b49-25-,50-26?. The lowest BCUT2D eigenvalue weighted by atomic mass is 9.68. The summed E-state index contributed by atoms with van der Waals surface area (Å²) in [5, 5.41) is 40.6. The molecule has 0 spiro atoms. The third-order valence-corrected chi connectivity index (χ3v) is 19.0. The van der Waals surface area contributed by atoms with Gasteiger partial charge in [0, 0.05) is 63.8 Å². The molecule has 0 fully saturated rings. The van der Waals surface area contributed by atoms with Crippen LogP contribution in [0.5, 0.6) is 0 Å². The second-order valence-corrected chi connectivity index (χ2v) is 23.6. The zero-order valence-corrected chi connectivity index (χ0v) is 46.5. The van der Waals surface area contributed by atoms with E-state index >= 15 is 0 Å². The van der Waals surface area contributed by atoms with Crippen molar-refractivity contribution in [2.75, 3.05) is 0 Å². The fourth-order valence-electron chi connectivity index (χ4n) is 12.9. The van der Waals surface area contributed by atoms with Crippen molar-refractivity contribution in [2.45, 2.75) is 167 Å². The van der Waals surface area contributed by atoms with Crippen LogP contribution in [0.4, 0.5) is 17.6 Å². The Balaban J connectivity index is 1.28. The smallest absolute Gasteiger partial charge is 0.194 e. The summed E-state index contributed by atoms with van der Waals surface area (Å²) < 4.78 is 59.2. The van der Waals surface area contributed by atoms with Crippen LogP contribution in [0.1, 0.15) is 220 Å². The summed E-state index contributed by atoms with van der Waals surface area (Å²) in [5.41, 5.74) is 5.50. The summed E-state index contributed by atoms with van der Waals surface area (Å²) in [7, 11) is 0. The summed E-state index contributed by atoms with van der Waals surface area (Å²) in [6.45, 7) is 8.81. The van der Waals surface area contributed by atoms with Crippen molar-refractivity contribution in [2.24, 2.45) is 0 Å². The lowest BCUT2D eigenvalue weighted by Crippen LogP contribution is -2.27. The summed E-state index contributed by atoms with van der Waals surface area (Å²) in [6, 6.07) is 20.4. The molecule has 2 heterocycles. The number of nitrogens with zero attached hydrogens (tertiary/aromatic N) is 4. The molecule has 9 rings (SSSR count). The van der Waals surface area contributed by atoms with Crippen LogP contribution >= 0.6 is 22.7 Å². The Hall–Kier alpha value is -6.96. The number of fused-ring (bicyclic) bond motifs is 8. The first kappa shape index (κ1) is 55.8. The van der Waals surface area contributed by atoms with Crippen molar-refractivity contribution in [3.05, 3.63) is 148 Å². The molecule has 0 aliphatic heterocycles. The number of halogens is 4. The van der Waals surface area contributed by atoms with Gasteiger partial charge in [-0.1, -0.05) is 130 Å². The number of allylic oxidation sites excluding steroid dienone is 6. The number of benzene rings is 3. The van der Waals surface area contributed by atoms with Gasteiger partial charge in [0.2, 0.25) is 0 Å². The molecule has 398 valence electrons. The van der Waals surface area contributed by atoms with E-state index in [1.807, 2.05) is 24.3 Å². The molecule has 5 aromatic rings. The Morgan fingerprint density at radius 2 is 0.731 bits per heavy atom. The van der Waals surface area contributed by atoms with E-state index in [-0.39, 0.29) is 55.7 Å². The Kier molecular flexibility index (Phi) is 16.8. The molecule has 12 heteroatoms. The number of Topliss-reactive ketones (excluding diaryl/α,β-unsaturated/α-hetero) is 2. The number of rotatable bonds is 22. The minimum atomic E-state index is -1.19. The molecule has 0 saturated carbocycles. The Labute approximate surface area is 463 Å². The van der Waals surface area contributed by atoms with Crippen LogP contribution in [-0.2, 0) is 10.8 Å². The van der Waals surface area contributed by atoms with Gasteiger partial charge in [0.05, 0.1) is 0 Å². The van der Waals surface area contributed by atoms with E-state index in [4.69, 9.17) is 0 Å². The largest absolute Gasteiger partial charge is 0.289 e. The third kappa shape index (κ3) is 9.75. The zero-order valence-electron chi connectivity index (χ0n) is 44.8. The van der Waals surface area contributed by atoms with Crippen molar-refractivity contribution in [1.82, 2.24) is 0 Å². The minimum Gasteiger partial charge on any atom is -0.289 e. The van der Waals surface area contributed by atoms with Crippen molar-refractivity contribution < 1.29 is 27.2 Å². The first-order chi connectivity index (χ1) is 37.8. The van der Waals surface area contributed by atoms with Gasteiger partial charge in [-0.05, 0) is 131 Å². The Morgan fingerprint density at radius 1 is 0.423 bits per heavy atom. The summed E-state index contributed by atoms with van der Waals surface area (Å²) in [4.78, 5) is 32.2. The molecule has 78 heavy (non-hydrogen) atoms. The van der Waals surface area contributed by atoms with Gasteiger partial charge in [0.1, 0.15) is 35.4 Å². The molecule has 0 atom stereocenters. The molecule has 6 nitrogen and oxygen atoms in total. The molecule has 0 N–H and O–H groups in total. The second-order valence-electron chi connectivity index (χ2n) is 21.5.